The molecule has 0 spiro atoms. The van der Waals surface area contributed by atoms with Crippen LogP contribution in [0.2, 0.25) is 0 Å². The summed E-state index contributed by atoms with van der Waals surface area (Å²) < 4.78 is 5.15. The second-order valence-corrected chi connectivity index (χ2v) is 2.65. The first kappa shape index (κ1) is 10.3. The Hall–Kier alpha value is -1.78. The predicted molar refractivity (Wildman–Crippen MR) is 53.0 cm³/mol. The standard InChI is InChI=1S/C9H11N2O3/c1-2-6-14-9-7(10)4-3-5-8(9)11(12)13/h3-5H,1-2,6,10H2. The Bertz CT molecular complexity index is 339. The van der Waals surface area contributed by atoms with Crippen LogP contribution in [0.4, 0.5) is 11.4 Å². The van der Waals surface area contributed by atoms with Crippen LogP contribution in [0.3, 0.4) is 0 Å². The summed E-state index contributed by atoms with van der Waals surface area (Å²) in [5.74, 6) is 0.126. The summed E-state index contributed by atoms with van der Waals surface area (Å²) >= 11 is 0. The van der Waals surface area contributed by atoms with E-state index in [9.17, 15) is 10.1 Å². The average molecular weight is 195 g/mol. The minimum Gasteiger partial charge on any atom is -0.485 e. The molecule has 0 aliphatic heterocycles. The predicted octanol–water partition coefficient (Wildman–Crippen LogP) is 1.78. The van der Waals surface area contributed by atoms with Crippen molar-refractivity contribution in [2.75, 3.05) is 12.3 Å². The third-order valence-electron chi connectivity index (χ3n) is 1.61. The van der Waals surface area contributed by atoms with Gasteiger partial charge in [-0.3, -0.25) is 10.1 Å². The fourth-order valence-electron chi connectivity index (χ4n) is 1.02. The van der Waals surface area contributed by atoms with Gasteiger partial charge < -0.3 is 10.5 Å². The molecule has 0 aliphatic rings. The molecule has 0 aromatic heterocycles. The van der Waals surface area contributed by atoms with Gasteiger partial charge in [-0.25, -0.2) is 0 Å². The zero-order valence-electron chi connectivity index (χ0n) is 7.60. The lowest BCUT2D eigenvalue weighted by Gasteiger charge is -2.07. The second-order valence-electron chi connectivity index (χ2n) is 2.65. The molecule has 14 heavy (non-hydrogen) atoms. The Morgan fingerprint density at radius 2 is 2.29 bits per heavy atom. The molecule has 75 valence electrons. The van der Waals surface area contributed by atoms with E-state index >= 15 is 0 Å². The van der Waals surface area contributed by atoms with Crippen molar-refractivity contribution in [3.63, 3.8) is 0 Å². The molecule has 1 aromatic carbocycles. The van der Waals surface area contributed by atoms with Crippen molar-refractivity contribution >= 4 is 11.4 Å². The van der Waals surface area contributed by atoms with Crippen LogP contribution in [-0.4, -0.2) is 11.5 Å². The molecule has 0 unspecified atom stereocenters. The van der Waals surface area contributed by atoms with Gasteiger partial charge in [0.05, 0.1) is 17.2 Å². The Morgan fingerprint density at radius 3 is 2.86 bits per heavy atom. The fourth-order valence-corrected chi connectivity index (χ4v) is 1.02. The lowest BCUT2D eigenvalue weighted by atomic mass is 10.2. The summed E-state index contributed by atoms with van der Waals surface area (Å²) in [6.45, 7) is 3.88. The molecular formula is C9H11N2O3. The van der Waals surface area contributed by atoms with E-state index in [1.54, 1.807) is 6.07 Å². The highest BCUT2D eigenvalue weighted by Gasteiger charge is 2.16. The molecule has 0 amide bonds. The number of hydrogen-bond acceptors (Lipinski definition) is 4. The Balaban J connectivity index is 3.02. The quantitative estimate of drug-likeness (QED) is 0.451. The summed E-state index contributed by atoms with van der Waals surface area (Å²) in [4.78, 5) is 10.1. The molecular weight excluding hydrogens is 184 g/mol. The summed E-state index contributed by atoms with van der Waals surface area (Å²) in [7, 11) is 0. The highest BCUT2D eigenvalue weighted by atomic mass is 16.6. The van der Waals surface area contributed by atoms with Crippen LogP contribution < -0.4 is 10.5 Å². The summed E-state index contributed by atoms with van der Waals surface area (Å²) in [6.07, 6.45) is 0.533. The lowest BCUT2D eigenvalue weighted by Crippen LogP contribution is -2.02. The Kier molecular flexibility index (Phi) is 3.28. The van der Waals surface area contributed by atoms with E-state index in [0.29, 0.717) is 13.0 Å². The third kappa shape index (κ3) is 2.12. The molecule has 5 nitrogen and oxygen atoms in total. The van der Waals surface area contributed by atoms with Crippen LogP contribution >= 0.6 is 0 Å². The van der Waals surface area contributed by atoms with Crippen molar-refractivity contribution in [2.45, 2.75) is 6.42 Å². The highest BCUT2D eigenvalue weighted by molar-refractivity contribution is 5.63. The molecule has 1 rings (SSSR count). The zero-order valence-corrected chi connectivity index (χ0v) is 7.60. The van der Waals surface area contributed by atoms with Crippen LogP contribution in [0, 0.1) is 17.0 Å². The molecule has 2 N–H and O–H groups in total. The largest absolute Gasteiger partial charge is 0.485 e. The smallest absolute Gasteiger partial charge is 0.313 e. The van der Waals surface area contributed by atoms with Crippen molar-refractivity contribution in [2.24, 2.45) is 0 Å². The first-order valence-corrected chi connectivity index (χ1v) is 4.11. The van der Waals surface area contributed by atoms with Crippen LogP contribution in [0.25, 0.3) is 0 Å². The van der Waals surface area contributed by atoms with Gasteiger partial charge in [0, 0.05) is 6.07 Å². The number of ether oxygens (including phenoxy) is 1. The normalized spacial score (nSPS) is 9.79. The number of benzene rings is 1. The molecule has 0 aliphatic carbocycles. The van der Waals surface area contributed by atoms with Crippen LogP contribution in [0.5, 0.6) is 5.75 Å². The molecule has 0 atom stereocenters. The van der Waals surface area contributed by atoms with Gasteiger partial charge >= 0.3 is 5.69 Å². The summed E-state index contributed by atoms with van der Waals surface area (Å²) in [5, 5.41) is 10.6. The topological polar surface area (TPSA) is 78.4 Å². The van der Waals surface area contributed by atoms with E-state index in [-0.39, 0.29) is 17.1 Å². The SMILES string of the molecule is [CH2]CCOc1c(N)cccc1[N+](=O)[O-]. The first-order chi connectivity index (χ1) is 6.66. The fraction of sp³-hybridized carbons (Fsp3) is 0.222. The number of hydrogen-bond donors (Lipinski definition) is 1. The minimum absolute atomic E-state index is 0.113. The number of anilines is 1. The maximum Gasteiger partial charge on any atom is 0.313 e. The van der Waals surface area contributed by atoms with Gasteiger partial charge in [0.25, 0.3) is 0 Å². The number of nitrogens with zero attached hydrogens (tertiary/aromatic N) is 1. The van der Waals surface area contributed by atoms with E-state index < -0.39 is 4.92 Å². The molecule has 0 bridgehead atoms. The maximum atomic E-state index is 10.6. The van der Waals surface area contributed by atoms with Gasteiger partial charge in [-0.1, -0.05) is 6.07 Å². The molecule has 0 heterocycles. The van der Waals surface area contributed by atoms with Crippen molar-refractivity contribution in [3.8, 4) is 5.75 Å². The number of nitrogens with two attached hydrogens (primary N) is 1. The molecule has 0 fully saturated rings. The molecule has 0 saturated carbocycles. The van der Waals surface area contributed by atoms with Crippen molar-refractivity contribution in [3.05, 3.63) is 35.2 Å². The molecule has 0 saturated heterocycles. The monoisotopic (exact) mass is 195 g/mol. The molecule has 1 radical (unpaired) electrons. The molecule has 1 aromatic rings. The van der Waals surface area contributed by atoms with E-state index in [0.717, 1.165) is 0 Å². The van der Waals surface area contributed by atoms with E-state index in [1.807, 2.05) is 0 Å². The van der Waals surface area contributed by atoms with E-state index in [4.69, 9.17) is 10.5 Å². The third-order valence-corrected chi connectivity index (χ3v) is 1.61. The van der Waals surface area contributed by atoms with Crippen molar-refractivity contribution < 1.29 is 9.66 Å². The minimum atomic E-state index is -0.519. The van der Waals surface area contributed by atoms with Gasteiger partial charge in [0.15, 0.2) is 0 Å². The van der Waals surface area contributed by atoms with Gasteiger partial charge in [-0.05, 0) is 19.4 Å². The van der Waals surface area contributed by atoms with Gasteiger partial charge in [0.2, 0.25) is 5.75 Å². The van der Waals surface area contributed by atoms with Crippen LogP contribution in [0.15, 0.2) is 18.2 Å². The zero-order chi connectivity index (χ0) is 10.6. The average Bonchev–Trinajstić information content (AvgIpc) is 2.15. The van der Waals surface area contributed by atoms with Crippen LogP contribution in [0.1, 0.15) is 6.42 Å². The highest BCUT2D eigenvalue weighted by Crippen LogP contribution is 2.32. The maximum absolute atomic E-state index is 10.6. The second kappa shape index (κ2) is 4.45. The van der Waals surface area contributed by atoms with Gasteiger partial charge in [0.1, 0.15) is 0 Å². The number of para-hydroxylation sites is 1. The number of rotatable bonds is 4. The summed E-state index contributed by atoms with van der Waals surface area (Å²) in [5.41, 5.74) is 5.71. The van der Waals surface area contributed by atoms with E-state index in [2.05, 4.69) is 6.92 Å². The Morgan fingerprint density at radius 1 is 1.57 bits per heavy atom. The number of nitro benzene ring substituents is 1. The van der Waals surface area contributed by atoms with Crippen molar-refractivity contribution in [1.29, 1.82) is 0 Å². The summed E-state index contributed by atoms with van der Waals surface area (Å²) in [6, 6.07) is 4.44. The van der Waals surface area contributed by atoms with Crippen molar-refractivity contribution in [1.82, 2.24) is 0 Å². The Labute approximate surface area is 81.6 Å². The molecule has 5 heteroatoms. The lowest BCUT2D eigenvalue weighted by molar-refractivity contribution is -0.385. The van der Waals surface area contributed by atoms with Gasteiger partial charge in [-0.15, -0.1) is 0 Å². The van der Waals surface area contributed by atoms with Crippen LogP contribution in [-0.2, 0) is 0 Å². The number of nitro groups is 1. The first-order valence-electron chi connectivity index (χ1n) is 4.11. The van der Waals surface area contributed by atoms with E-state index in [1.165, 1.54) is 12.1 Å². The van der Waals surface area contributed by atoms with Gasteiger partial charge in [-0.2, -0.15) is 0 Å². The number of nitrogen functional groups attached to an aromatic ring is 1.